The number of aromatic nitrogens is 1. The Morgan fingerprint density at radius 1 is 1.26 bits per heavy atom. The van der Waals surface area contributed by atoms with E-state index in [4.69, 9.17) is 0 Å². The molecule has 2 aromatic rings. The molecule has 0 spiro atoms. The maximum Gasteiger partial charge on any atom is 0.234 e. The van der Waals surface area contributed by atoms with Gasteiger partial charge in [-0.1, -0.05) is 18.6 Å². The largest absolute Gasteiger partial charge is 0.358 e. The summed E-state index contributed by atoms with van der Waals surface area (Å²) < 4.78 is 0. The predicted octanol–water partition coefficient (Wildman–Crippen LogP) is 3.06. The Kier molecular flexibility index (Phi) is 4.71. The van der Waals surface area contributed by atoms with Crippen molar-refractivity contribution < 1.29 is 4.79 Å². The fourth-order valence-electron chi connectivity index (χ4n) is 3.60. The van der Waals surface area contributed by atoms with Crippen LogP contribution in [-0.2, 0) is 17.8 Å². The minimum Gasteiger partial charge on any atom is -0.358 e. The fraction of sp³-hybridized carbons (Fsp3) is 0.526. The highest BCUT2D eigenvalue weighted by molar-refractivity contribution is 5.88. The summed E-state index contributed by atoms with van der Waals surface area (Å²) in [6.07, 6.45) is 3.43. The van der Waals surface area contributed by atoms with E-state index in [1.165, 1.54) is 46.1 Å². The van der Waals surface area contributed by atoms with Crippen molar-refractivity contribution in [3.63, 3.8) is 0 Å². The molecular formula is C19H27N3O. The van der Waals surface area contributed by atoms with Crippen LogP contribution in [0.1, 0.15) is 42.1 Å². The Morgan fingerprint density at radius 3 is 2.70 bits per heavy atom. The summed E-state index contributed by atoms with van der Waals surface area (Å²) in [5.41, 5.74) is 6.21. The van der Waals surface area contributed by atoms with E-state index < -0.39 is 0 Å². The quantitative estimate of drug-likeness (QED) is 0.891. The third-order valence-corrected chi connectivity index (χ3v) is 4.89. The zero-order valence-corrected chi connectivity index (χ0v) is 14.5. The predicted molar refractivity (Wildman–Crippen MR) is 94.7 cm³/mol. The number of nitrogens with one attached hydrogen (secondary N) is 2. The Morgan fingerprint density at radius 2 is 2.00 bits per heavy atom. The van der Waals surface area contributed by atoms with E-state index in [-0.39, 0.29) is 5.91 Å². The number of rotatable bonds is 5. The van der Waals surface area contributed by atoms with Gasteiger partial charge in [-0.25, -0.2) is 0 Å². The van der Waals surface area contributed by atoms with Gasteiger partial charge in [0.15, 0.2) is 0 Å². The minimum absolute atomic E-state index is 0.126. The molecule has 2 N–H and O–H groups in total. The van der Waals surface area contributed by atoms with Crippen molar-refractivity contribution >= 4 is 16.8 Å². The molecule has 0 atom stereocenters. The number of likely N-dealkylation sites (tertiary alicyclic amines) is 1. The Labute approximate surface area is 138 Å². The Bertz CT molecular complexity index is 711. The molecule has 1 saturated heterocycles. The zero-order valence-electron chi connectivity index (χ0n) is 14.5. The summed E-state index contributed by atoms with van der Waals surface area (Å²) in [7, 11) is 0. The molecule has 0 aliphatic carbocycles. The molecule has 0 bridgehead atoms. The van der Waals surface area contributed by atoms with Gasteiger partial charge in [-0.05, 0) is 63.4 Å². The highest BCUT2D eigenvalue weighted by Gasteiger charge is 2.16. The van der Waals surface area contributed by atoms with Gasteiger partial charge in [-0.3, -0.25) is 9.69 Å². The monoisotopic (exact) mass is 313 g/mol. The molecule has 4 heteroatoms. The number of carbonyl (C=O) groups excluding carboxylic acids is 1. The van der Waals surface area contributed by atoms with Crippen molar-refractivity contribution in [1.82, 2.24) is 15.2 Å². The first kappa shape index (κ1) is 16.1. The average molecular weight is 313 g/mol. The van der Waals surface area contributed by atoms with Gasteiger partial charge in [-0.15, -0.1) is 0 Å². The summed E-state index contributed by atoms with van der Waals surface area (Å²) in [5.74, 6) is 0.126. The first-order valence-corrected chi connectivity index (χ1v) is 8.68. The van der Waals surface area contributed by atoms with Crippen molar-refractivity contribution in [3.8, 4) is 0 Å². The van der Waals surface area contributed by atoms with Crippen LogP contribution in [-0.4, -0.2) is 35.4 Å². The van der Waals surface area contributed by atoms with Gasteiger partial charge in [0.05, 0.1) is 12.1 Å². The summed E-state index contributed by atoms with van der Waals surface area (Å²) >= 11 is 0. The number of H-pyrrole nitrogens is 1. The van der Waals surface area contributed by atoms with Gasteiger partial charge in [0.2, 0.25) is 5.91 Å². The lowest BCUT2D eigenvalue weighted by atomic mass is 10.0. The highest BCUT2D eigenvalue weighted by Crippen LogP contribution is 2.26. The second kappa shape index (κ2) is 6.75. The molecule has 1 aromatic heterocycles. The summed E-state index contributed by atoms with van der Waals surface area (Å²) in [4.78, 5) is 17.9. The molecule has 1 amide bonds. The molecule has 2 heterocycles. The lowest BCUT2D eigenvalue weighted by molar-refractivity contribution is -0.122. The number of aromatic amines is 1. The molecular weight excluding hydrogens is 286 g/mol. The number of fused-ring (bicyclic) bond motifs is 1. The summed E-state index contributed by atoms with van der Waals surface area (Å²) in [6.45, 7) is 9.68. The maximum atomic E-state index is 12.2. The van der Waals surface area contributed by atoms with Gasteiger partial charge in [0, 0.05) is 17.6 Å². The van der Waals surface area contributed by atoms with Gasteiger partial charge < -0.3 is 10.3 Å². The average Bonchev–Trinajstić information content (AvgIpc) is 3.13. The second-order valence-electron chi connectivity index (χ2n) is 6.69. The summed E-state index contributed by atoms with van der Waals surface area (Å²) in [6, 6.07) is 4.41. The van der Waals surface area contributed by atoms with Crippen molar-refractivity contribution in [1.29, 1.82) is 0 Å². The van der Waals surface area contributed by atoms with E-state index in [0.29, 0.717) is 13.1 Å². The zero-order chi connectivity index (χ0) is 16.4. The van der Waals surface area contributed by atoms with Gasteiger partial charge in [0.25, 0.3) is 0 Å². The number of benzene rings is 1. The van der Waals surface area contributed by atoms with Crippen LogP contribution in [0.15, 0.2) is 12.1 Å². The minimum atomic E-state index is 0.126. The van der Waals surface area contributed by atoms with E-state index in [9.17, 15) is 4.79 Å². The van der Waals surface area contributed by atoms with Crippen molar-refractivity contribution in [2.45, 2.75) is 46.6 Å². The second-order valence-corrected chi connectivity index (χ2v) is 6.69. The number of aryl methyl sites for hydroxylation is 3. The molecule has 124 valence electrons. The molecule has 23 heavy (non-hydrogen) atoms. The van der Waals surface area contributed by atoms with E-state index in [1.807, 2.05) is 0 Å². The van der Waals surface area contributed by atoms with Crippen LogP contribution in [0.5, 0.6) is 0 Å². The van der Waals surface area contributed by atoms with Crippen LogP contribution in [0.3, 0.4) is 0 Å². The van der Waals surface area contributed by atoms with E-state index in [0.717, 1.165) is 19.5 Å². The van der Waals surface area contributed by atoms with Crippen molar-refractivity contribution in [3.05, 3.63) is 34.5 Å². The number of hydrogen-bond donors (Lipinski definition) is 2. The van der Waals surface area contributed by atoms with Crippen LogP contribution < -0.4 is 5.32 Å². The van der Waals surface area contributed by atoms with E-state index >= 15 is 0 Å². The number of hydrogen-bond acceptors (Lipinski definition) is 2. The van der Waals surface area contributed by atoms with E-state index in [1.54, 1.807) is 0 Å². The Hall–Kier alpha value is -1.81. The van der Waals surface area contributed by atoms with Gasteiger partial charge in [0.1, 0.15) is 0 Å². The molecule has 0 saturated carbocycles. The lowest BCUT2D eigenvalue weighted by Gasteiger charge is -2.14. The smallest absolute Gasteiger partial charge is 0.234 e. The van der Waals surface area contributed by atoms with Gasteiger partial charge in [-0.2, -0.15) is 0 Å². The highest BCUT2D eigenvalue weighted by atomic mass is 16.2. The molecule has 1 fully saturated rings. The fourth-order valence-corrected chi connectivity index (χ4v) is 3.60. The molecule has 4 nitrogen and oxygen atoms in total. The normalized spacial score (nSPS) is 15.4. The van der Waals surface area contributed by atoms with Crippen LogP contribution in [0, 0.1) is 13.8 Å². The maximum absolute atomic E-state index is 12.2. The molecule has 1 aliphatic rings. The van der Waals surface area contributed by atoms with Crippen LogP contribution in [0.25, 0.3) is 10.9 Å². The first-order chi connectivity index (χ1) is 11.1. The van der Waals surface area contributed by atoms with E-state index in [2.05, 4.69) is 48.1 Å². The standard InChI is InChI=1S/C19H27N3O/c1-4-17-14(3)16-10-13(2)9-15(19(16)21-17)11-20-18(23)12-22-7-5-6-8-22/h9-10,21H,4-8,11-12H2,1-3H3,(H,20,23). The third kappa shape index (κ3) is 3.42. The molecule has 1 aliphatic heterocycles. The number of nitrogens with zero attached hydrogens (tertiary/aromatic N) is 1. The molecule has 0 radical (unpaired) electrons. The van der Waals surface area contributed by atoms with Crippen LogP contribution in [0.4, 0.5) is 0 Å². The van der Waals surface area contributed by atoms with Crippen molar-refractivity contribution in [2.24, 2.45) is 0 Å². The SMILES string of the molecule is CCc1[nH]c2c(CNC(=O)CN3CCCC3)cc(C)cc2c1C. The molecule has 3 rings (SSSR count). The Balaban J connectivity index is 1.75. The third-order valence-electron chi connectivity index (χ3n) is 4.89. The summed E-state index contributed by atoms with van der Waals surface area (Å²) in [5, 5.41) is 4.37. The first-order valence-electron chi connectivity index (χ1n) is 8.68. The van der Waals surface area contributed by atoms with Crippen LogP contribution >= 0.6 is 0 Å². The molecule has 0 unspecified atom stereocenters. The van der Waals surface area contributed by atoms with Crippen molar-refractivity contribution in [2.75, 3.05) is 19.6 Å². The van der Waals surface area contributed by atoms with Crippen LogP contribution in [0.2, 0.25) is 0 Å². The molecule has 1 aromatic carbocycles. The lowest BCUT2D eigenvalue weighted by Crippen LogP contribution is -2.35. The topological polar surface area (TPSA) is 48.1 Å². The number of amides is 1. The van der Waals surface area contributed by atoms with Gasteiger partial charge >= 0.3 is 0 Å². The number of carbonyl (C=O) groups is 1.